The molecule has 0 unspecified atom stereocenters. The minimum Gasteiger partial charge on any atom is -0.350 e. The first-order valence-electron chi connectivity index (χ1n) is 8.61. The van der Waals surface area contributed by atoms with Crippen molar-refractivity contribution in [1.29, 1.82) is 0 Å². The Labute approximate surface area is 154 Å². The highest BCUT2D eigenvalue weighted by molar-refractivity contribution is 7.17. The van der Waals surface area contributed by atoms with Gasteiger partial charge in [-0.3, -0.25) is 14.2 Å². The second kappa shape index (κ2) is 8.14. The van der Waals surface area contributed by atoms with E-state index in [0.717, 1.165) is 5.56 Å². The Bertz CT molecular complexity index is 1000. The molecule has 0 bridgehead atoms. The summed E-state index contributed by atoms with van der Waals surface area (Å²) in [5.74, 6) is -0.0312. The van der Waals surface area contributed by atoms with Crippen molar-refractivity contribution in [2.45, 2.75) is 38.8 Å². The number of unbranched alkanes of at least 4 members (excludes halogenated alkanes) is 1. The molecule has 2 heterocycles. The highest BCUT2D eigenvalue weighted by atomic mass is 32.1. The average Bonchev–Trinajstić information content (AvgIpc) is 3.10. The van der Waals surface area contributed by atoms with E-state index in [1.807, 2.05) is 37.3 Å². The van der Waals surface area contributed by atoms with Crippen molar-refractivity contribution in [2.24, 2.45) is 0 Å². The first kappa shape index (κ1) is 18.1. The van der Waals surface area contributed by atoms with Crippen molar-refractivity contribution >= 4 is 27.5 Å². The summed E-state index contributed by atoms with van der Waals surface area (Å²) in [6, 6.07) is 11.5. The van der Waals surface area contributed by atoms with Crippen molar-refractivity contribution in [3.05, 3.63) is 68.2 Å². The van der Waals surface area contributed by atoms with Crippen LogP contribution in [0, 0.1) is 0 Å². The maximum absolute atomic E-state index is 12.3. The lowest BCUT2D eigenvalue weighted by molar-refractivity contribution is -0.121. The first-order chi connectivity index (χ1) is 12.6. The van der Waals surface area contributed by atoms with Gasteiger partial charge in [0.1, 0.15) is 4.70 Å². The van der Waals surface area contributed by atoms with Crippen LogP contribution in [0.3, 0.4) is 0 Å². The number of amides is 1. The Morgan fingerprint density at radius 3 is 2.73 bits per heavy atom. The topological polar surface area (TPSA) is 84.0 Å². The summed E-state index contributed by atoms with van der Waals surface area (Å²) < 4.78 is 1.77. The molecule has 0 saturated heterocycles. The fourth-order valence-electron chi connectivity index (χ4n) is 2.87. The quantitative estimate of drug-likeness (QED) is 0.627. The third-order valence-corrected chi connectivity index (χ3v) is 5.21. The molecule has 2 aromatic heterocycles. The molecule has 7 heteroatoms. The van der Waals surface area contributed by atoms with Gasteiger partial charge in [0.15, 0.2) is 0 Å². The fourth-order valence-corrected chi connectivity index (χ4v) is 3.67. The fraction of sp³-hybridized carbons (Fsp3) is 0.316. The van der Waals surface area contributed by atoms with Crippen molar-refractivity contribution in [1.82, 2.24) is 14.9 Å². The minimum atomic E-state index is -0.400. The molecule has 1 amide bonds. The van der Waals surface area contributed by atoms with Crippen LogP contribution in [0.1, 0.15) is 37.8 Å². The Morgan fingerprint density at radius 1 is 1.19 bits per heavy atom. The number of aromatic amines is 1. The largest absolute Gasteiger partial charge is 0.350 e. The van der Waals surface area contributed by atoms with Crippen molar-refractivity contribution in [3.8, 4) is 0 Å². The normalized spacial score (nSPS) is 12.2. The smallest absolute Gasteiger partial charge is 0.328 e. The van der Waals surface area contributed by atoms with E-state index in [4.69, 9.17) is 0 Å². The predicted molar refractivity (Wildman–Crippen MR) is 104 cm³/mol. The van der Waals surface area contributed by atoms with Crippen LogP contribution in [0.2, 0.25) is 0 Å². The van der Waals surface area contributed by atoms with Crippen LogP contribution < -0.4 is 16.6 Å². The third-order valence-electron chi connectivity index (χ3n) is 4.30. The number of thiophene rings is 1. The van der Waals surface area contributed by atoms with Gasteiger partial charge in [-0.15, -0.1) is 11.3 Å². The molecule has 0 radical (unpaired) electrons. The van der Waals surface area contributed by atoms with Gasteiger partial charge in [-0.05, 0) is 36.8 Å². The molecule has 0 fully saturated rings. The standard InChI is InChI=1S/C19H21N3O3S/c1-13(14-7-3-2-4-8-14)20-16(23)9-5-6-11-22-18(24)17-15(10-12-26-17)21-19(22)25/h2-4,7-8,10,12-13H,5-6,9,11H2,1H3,(H,20,23)(H,21,25)/t13-/m0/s1. The van der Waals surface area contributed by atoms with Crippen molar-refractivity contribution in [2.75, 3.05) is 0 Å². The third kappa shape index (κ3) is 4.11. The molecule has 136 valence electrons. The lowest BCUT2D eigenvalue weighted by atomic mass is 10.1. The molecule has 0 aliphatic heterocycles. The van der Waals surface area contributed by atoms with E-state index in [0.29, 0.717) is 36.0 Å². The van der Waals surface area contributed by atoms with Crippen LogP contribution in [0.15, 0.2) is 51.4 Å². The lowest BCUT2D eigenvalue weighted by Gasteiger charge is -2.14. The van der Waals surface area contributed by atoms with Gasteiger partial charge in [-0.1, -0.05) is 30.3 Å². The predicted octanol–water partition coefficient (Wildman–Crippen LogP) is 2.80. The van der Waals surface area contributed by atoms with E-state index in [2.05, 4.69) is 10.3 Å². The number of carbonyl (C=O) groups is 1. The van der Waals surface area contributed by atoms with Crippen LogP contribution in [-0.2, 0) is 11.3 Å². The summed E-state index contributed by atoms with van der Waals surface area (Å²) in [5, 5.41) is 4.75. The van der Waals surface area contributed by atoms with Gasteiger partial charge in [0.05, 0.1) is 11.6 Å². The molecule has 2 N–H and O–H groups in total. The first-order valence-corrected chi connectivity index (χ1v) is 9.49. The van der Waals surface area contributed by atoms with Crippen LogP contribution in [0.4, 0.5) is 0 Å². The number of benzene rings is 1. The zero-order chi connectivity index (χ0) is 18.5. The lowest BCUT2D eigenvalue weighted by Crippen LogP contribution is -2.34. The van der Waals surface area contributed by atoms with E-state index in [9.17, 15) is 14.4 Å². The molecular formula is C19H21N3O3S. The Kier molecular flexibility index (Phi) is 5.68. The van der Waals surface area contributed by atoms with Crippen LogP contribution in [0.25, 0.3) is 10.2 Å². The Balaban J connectivity index is 1.51. The van der Waals surface area contributed by atoms with Crippen molar-refractivity contribution in [3.63, 3.8) is 0 Å². The van der Waals surface area contributed by atoms with Gasteiger partial charge < -0.3 is 10.3 Å². The molecule has 0 saturated carbocycles. The van der Waals surface area contributed by atoms with Gasteiger partial charge in [0.25, 0.3) is 5.56 Å². The number of carbonyl (C=O) groups excluding carboxylic acids is 1. The number of H-pyrrole nitrogens is 1. The minimum absolute atomic E-state index is 0.0312. The number of nitrogens with zero attached hydrogens (tertiary/aromatic N) is 1. The highest BCUT2D eigenvalue weighted by Gasteiger charge is 2.10. The van der Waals surface area contributed by atoms with E-state index < -0.39 is 5.69 Å². The van der Waals surface area contributed by atoms with E-state index in [1.165, 1.54) is 15.9 Å². The molecular weight excluding hydrogens is 350 g/mol. The van der Waals surface area contributed by atoms with Crippen molar-refractivity contribution < 1.29 is 4.79 Å². The SMILES string of the molecule is C[C@H](NC(=O)CCCCn1c(=O)[nH]c2ccsc2c1=O)c1ccccc1. The number of fused-ring (bicyclic) bond motifs is 1. The zero-order valence-corrected chi connectivity index (χ0v) is 15.3. The van der Waals surface area contributed by atoms with Crippen LogP contribution >= 0.6 is 11.3 Å². The monoisotopic (exact) mass is 371 g/mol. The summed E-state index contributed by atoms with van der Waals surface area (Å²) in [5.41, 5.74) is 0.975. The van der Waals surface area contributed by atoms with Gasteiger partial charge in [0, 0.05) is 13.0 Å². The number of nitrogens with one attached hydrogen (secondary N) is 2. The van der Waals surface area contributed by atoms with Gasteiger partial charge in [0.2, 0.25) is 5.91 Å². The molecule has 0 aliphatic carbocycles. The average molecular weight is 371 g/mol. The van der Waals surface area contributed by atoms with E-state index in [-0.39, 0.29) is 17.5 Å². The Hall–Kier alpha value is -2.67. The molecule has 6 nitrogen and oxygen atoms in total. The number of rotatable bonds is 7. The summed E-state index contributed by atoms with van der Waals surface area (Å²) in [4.78, 5) is 39.1. The zero-order valence-electron chi connectivity index (χ0n) is 14.5. The van der Waals surface area contributed by atoms with E-state index in [1.54, 1.807) is 11.4 Å². The summed E-state index contributed by atoms with van der Waals surface area (Å²) in [6.45, 7) is 2.26. The molecule has 26 heavy (non-hydrogen) atoms. The number of aromatic nitrogens is 2. The second-order valence-electron chi connectivity index (χ2n) is 6.21. The van der Waals surface area contributed by atoms with Crippen LogP contribution in [-0.4, -0.2) is 15.5 Å². The highest BCUT2D eigenvalue weighted by Crippen LogP contribution is 2.13. The maximum Gasteiger partial charge on any atom is 0.328 e. The molecule has 3 aromatic rings. The molecule has 0 spiro atoms. The number of hydrogen-bond acceptors (Lipinski definition) is 4. The van der Waals surface area contributed by atoms with Gasteiger partial charge in [-0.25, -0.2) is 4.79 Å². The maximum atomic E-state index is 12.3. The van der Waals surface area contributed by atoms with Gasteiger partial charge in [-0.2, -0.15) is 0 Å². The molecule has 0 aliphatic rings. The Morgan fingerprint density at radius 2 is 1.96 bits per heavy atom. The second-order valence-corrected chi connectivity index (χ2v) is 7.12. The molecule has 1 atom stereocenters. The summed E-state index contributed by atoms with van der Waals surface area (Å²) in [6.07, 6.45) is 1.57. The summed E-state index contributed by atoms with van der Waals surface area (Å²) in [7, 11) is 0. The number of hydrogen-bond donors (Lipinski definition) is 2. The van der Waals surface area contributed by atoms with Gasteiger partial charge >= 0.3 is 5.69 Å². The molecule has 3 rings (SSSR count). The van der Waals surface area contributed by atoms with E-state index >= 15 is 0 Å². The van der Waals surface area contributed by atoms with Crippen LogP contribution in [0.5, 0.6) is 0 Å². The summed E-state index contributed by atoms with van der Waals surface area (Å²) >= 11 is 1.32. The molecule has 1 aromatic carbocycles.